The van der Waals surface area contributed by atoms with Gasteiger partial charge in [0.05, 0.1) is 11.9 Å². The van der Waals surface area contributed by atoms with Gasteiger partial charge in [-0.3, -0.25) is 13.9 Å². The molecule has 33 heavy (non-hydrogen) atoms. The maximum atomic E-state index is 13.5. The van der Waals surface area contributed by atoms with E-state index in [0.717, 1.165) is 40.1 Å². The van der Waals surface area contributed by atoms with E-state index in [1.807, 2.05) is 63.2 Å². The van der Waals surface area contributed by atoms with Crippen LogP contribution in [0, 0.1) is 13.8 Å². The fourth-order valence-electron chi connectivity index (χ4n) is 3.48. The largest absolute Gasteiger partial charge is 0.354 e. The first-order chi connectivity index (χ1) is 15.5. The van der Waals surface area contributed by atoms with E-state index in [4.69, 9.17) is 0 Å². The van der Waals surface area contributed by atoms with Crippen LogP contribution in [0.2, 0.25) is 0 Å². The van der Waals surface area contributed by atoms with E-state index >= 15 is 0 Å². The van der Waals surface area contributed by atoms with Gasteiger partial charge in [0.15, 0.2) is 0 Å². The Bertz CT molecular complexity index is 1050. The number of sulfonamides is 1. The lowest BCUT2D eigenvalue weighted by Gasteiger charge is -2.32. The van der Waals surface area contributed by atoms with Crippen LogP contribution in [0.15, 0.2) is 48.5 Å². The van der Waals surface area contributed by atoms with Gasteiger partial charge in [-0.05, 0) is 49.9 Å². The third-order valence-corrected chi connectivity index (χ3v) is 6.63. The van der Waals surface area contributed by atoms with Crippen LogP contribution in [0.3, 0.4) is 0 Å². The number of carbonyl (C=O) groups excluding carboxylic acids is 2. The molecule has 0 aliphatic rings. The molecule has 1 atom stereocenters. The molecule has 0 aromatic heterocycles. The molecule has 0 saturated carbocycles. The van der Waals surface area contributed by atoms with Gasteiger partial charge in [0, 0.05) is 13.1 Å². The molecule has 8 heteroatoms. The van der Waals surface area contributed by atoms with Crippen LogP contribution in [-0.2, 0) is 26.2 Å². The second-order valence-corrected chi connectivity index (χ2v) is 10.3. The summed E-state index contributed by atoms with van der Waals surface area (Å²) in [5.41, 5.74) is 2.96. The van der Waals surface area contributed by atoms with Crippen molar-refractivity contribution in [3.05, 3.63) is 65.2 Å². The third kappa shape index (κ3) is 7.60. The van der Waals surface area contributed by atoms with Crippen molar-refractivity contribution in [1.82, 2.24) is 10.2 Å². The highest BCUT2D eigenvalue weighted by Gasteiger charge is 2.30. The summed E-state index contributed by atoms with van der Waals surface area (Å²) in [5.74, 6) is -0.700. The predicted octanol–water partition coefficient (Wildman–Crippen LogP) is 3.40. The summed E-state index contributed by atoms with van der Waals surface area (Å²) in [6, 6.07) is 14.1. The Labute approximate surface area is 197 Å². The molecule has 0 radical (unpaired) electrons. The smallest absolute Gasteiger partial charge is 0.244 e. The van der Waals surface area contributed by atoms with Crippen LogP contribution >= 0.6 is 0 Å². The number of amides is 2. The standard InChI is InChI=1S/C25H35N3O4S/c1-6-7-15-26-25(30)21(4)27(17-22-11-9-8-10-12-22)24(29)18-28(33(5,31)32)23-16-19(2)13-14-20(23)3/h8-14,16,21H,6-7,15,17-18H2,1-5H3,(H,26,30). The molecular weight excluding hydrogens is 438 g/mol. The molecule has 2 rings (SSSR count). The number of nitrogens with one attached hydrogen (secondary N) is 1. The minimum Gasteiger partial charge on any atom is -0.354 e. The van der Waals surface area contributed by atoms with E-state index < -0.39 is 22.0 Å². The van der Waals surface area contributed by atoms with Crippen molar-refractivity contribution >= 4 is 27.5 Å². The Hall–Kier alpha value is -2.87. The lowest BCUT2D eigenvalue weighted by molar-refractivity contribution is -0.139. The van der Waals surface area contributed by atoms with Crippen molar-refractivity contribution in [2.45, 2.75) is 53.1 Å². The van der Waals surface area contributed by atoms with Crippen molar-refractivity contribution < 1.29 is 18.0 Å². The summed E-state index contributed by atoms with van der Waals surface area (Å²) < 4.78 is 26.5. The SMILES string of the molecule is CCCCNC(=O)C(C)N(Cc1ccccc1)C(=O)CN(c1cc(C)ccc1C)S(C)(=O)=O. The molecule has 2 aromatic rings. The Kier molecular flexibility index (Phi) is 9.46. The zero-order chi connectivity index (χ0) is 24.6. The van der Waals surface area contributed by atoms with Gasteiger partial charge in [0.2, 0.25) is 21.8 Å². The Morgan fingerprint density at radius 2 is 1.73 bits per heavy atom. The highest BCUT2D eigenvalue weighted by atomic mass is 32.2. The molecule has 1 N–H and O–H groups in total. The number of rotatable bonds is 11. The fraction of sp³-hybridized carbons (Fsp3) is 0.440. The molecule has 0 aliphatic carbocycles. The molecular formula is C25H35N3O4S. The molecule has 0 heterocycles. The molecule has 0 fully saturated rings. The van der Waals surface area contributed by atoms with Gasteiger partial charge >= 0.3 is 0 Å². The van der Waals surface area contributed by atoms with Crippen molar-refractivity contribution in [2.24, 2.45) is 0 Å². The minimum absolute atomic E-state index is 0.201. The lowest BCUT2D eigenvalue weighted by Crippen LogP contribution is -2.51. The molecule has 1 unspecified atom stereocenters. The van der Waals surface area contributed by atoms with Gasteiger partial charge in [-0.25, -0.2) is 8.42 Å². The fourth-order valence-corrected chi connectivity index (χ4v) is 4.38. The van der Waals surface area contributed by atoms with Crippen LogP contribution in [0.4, 0.5) is 5.69 Å². The Morgan fingerprint density at radius 1 is 1.06 bits per heavy atom. The molecule has 0 saturated heterocycles. The van der Waals surface area contributed by atoms with Crippen molar-refractivity contribution in [3.8, 4) is 0 Å². The van der Waals surface area contributed by atoms with Gasteiger partial charge in [-0.2, -0.15) is 0 Å². The van der Waals surface area contributed by atoms with Crippen LogP contribution in [0.5, 0.6) is 0 Å². The summed E-state index contributed by atoms with van der Waals surface area (Å²) in [4.78, 5) is 27.7. The van der Waals surface area contributed by atoms with Crippen LogP contribution < -0.4 is 9.62 Å². The lowest BCUT2D eigenvalue weighted by atomic mass is 10.1. The Morgan fingerprint density at radius 3 is 2.33 bits per heavy atom. The summed E-state index contributed by atoms with van der Waals surface area (Å²) in [6.45, 7) is 7.73. The molecule has 7 nitrogen and oxygen atoms in total. The number of anilines is 1. The van der Waals surface area contributed by atoms with E-state index in [9.17, 15) is 18.0 Å². The van der Waals surface area contributed by atoms with Crippen LogP contribution in [-0.4, -0.2) is 50.5 Å². The van der Waals surface area contributed by atoms with Crippen molar-refractivity contribution in [1.29, 1.82) is 0 Å². The zero-order valence-corrected chi connectivity index (χ0v) is 21.0. The number of unbranched alkanes of at least 4 members (excludes halogenated alkanes) is 1. The van der Waals surface area contributed by atoms with Gasteiger partial charge in [-0.15, -0.1) is 0 Å². The first-order valence-corrected chi connectivity index (χ1v) is 13.1. The van der Waals surface area contributed by atoms with Crippen LogP contribution in [0.25, 0.3) is 0 Å². The number of nitrogens with zero attached hydrogens (tertiary/aromatic N) is 2. The van der Waals surface area contributed by atoms with Crippen molar-refractivity contribution in [3.63, 3.8) is 0 Å². The van der Waals surface area contributed by atoms with Gasteiger partial charge < -0.3 is 10.2 Å². The van der Waals surface area contributed by atoms with E-state index in [1.165, 1.54) is 4.90 Å². The molecule has 0 spiro atoms. The van der Waals surface area contributed by atoms with Gasteiger partial charge in [-0.1, -0.05) is 55.8 Å². The first-order valence-electron chi connectivity index (χ1n) is 11.2. The van der Waals surface area contributed by atoms with Gasteiger partial charge in [0.25, 0.3) is 0 Å². The maximum Gasteiger partial charge on any atom is 0.244 e. The molecule has 2 aromatic carbocycles. The van der Waals surface area contributed by atoms with E-state index in [2.05, 4.69) is 5.32 Å². The highest BCUT2D eigenvalue weighted by Crippen LogP contribution is 2.24. The van der Waals surface area contributed by atoms with Gasteiger partial charge in [0.1, 0.15) is 12.6 Å². The average molecular weight is 474 g/mol. The van der Waals surface area contributed by atoms with E-state index in [-0.39, 0.29) is 19.0 Å². The predicted molar refractivity (Wildman–Crippen MR) is 132 cm³/mol. The maximum absolute atomic E-state index is 13.5. The Balaban J connectivity index is 2.36. The third-order valence-electron chi connectivity index (χ3n) is 5.51. The molecule has 2 amide bonds. The summed E-state index contributed by atoms with van der Waals surface area (Å²) in [6.07, 6.45) is 2.88. The summed E-state index contributed by atoms with van der Waals surface area (Å²) >= 11 is 0. The van der Waals surface area contributed by atoms with E-state index in [0.29, 0.717) is 12.2 Å². The summed E-state index contributed by atoms with van der Waals surface area (Å²) in [5, 5.41) is 2.87. The van der Waals surface area contributed by atoms with E-state index in [1.54, 1.807) is 13.0 Å². The topological polar surface area (TPSA) is 86.8 Å². The first kappa shape index (κ1) is 26.4. The molecule has 180 valence electrons. The highest BCUT2D eigenvalue weighted by molar-refractivity contribution is 7.92. The average Bonchev–Trinajstić information content (AvgIpc) is 2.77. The number of hydrogen-bond donors (Lipinski definition) is 1. The normalized spacial score (nSPS) is 12.2. The van der Waals surface area contributed by atoms with Crippen LogP contribution in [0.1, 0.15) is 43.4 Å². The number of carbonyl (C=O) groups is 2. The second kappa shape index (κ2) is 11.8. The number of aryl methyl sites for hydroxylation is 2. The molecule has 0 aliphatic heterocycles. The number of benzene rings is 2. The molecule has 0 bridgehead atoms. The monoisotopic (exact) mass is 473 g/mol. The van der Waals surface area contributed by atoms with Crippen molar-refractivity contribution in [2.75, 3.05) is 23.7 Å². The minimum atomic E-state index is -3.74. The quantitative estimate of drug-likeness (QED) is 0.507. The zero-order valence-electron chi connectivity index (χ0n) is 20.2. The summed E-state index contributed by atoms with van der Waals surface area (Å²) in [7, 11) is -3.74. The number of hydrogen-bond acceptors (Lipinski definition) is 4. The second-order valence-electron chi connectivity index (χ2n) is 8.39.